The number of hydrogen-bond donors (Lipinski definition) is 2. The number of aliphatic hydroxyl groups is 1. The minimum Gasteiger partial charge on any atom is -0.398 e. The lowest BCUT2D eigenvalue weighted by Crippen LogP contribution is -2.15. The summed E-state index contributed by atoms with van der Waals surface area (Å²) in [6.07, 6.45) is 2.85. The number of hydrogen-bond acceptors (Lipinski definition) is 3. The van der Waals surface area contributed by atoms with Gasteiger partial charge in [0.25, 0.3) is 0 Å². The van der Waals surface area contributed by atoms with Crippen LogP contribution in [0.3, 0.4) is 0 Å². The number of anilines is 1. The molecule has 1 fully saturated rings. The van der Waals surface area contributed by atoms with E-state index >= 15 is 0 Å². The van der Waals surface area contributed by atoms with E-state index in [2.05, 4.69) is 0 Å². The quantitative estimate of drug-likeness (QED) is 0.786. The standard InChI is InChI=1S/C11H14ClNOS/c12-7-4-5-8(13)11(6-7)15-10-3-1-2-9(10)14/h4-6,9-10,14H,1-3,13H2. The van der Waals surface area contributed by atoms with E-state index in [4.69, 9.17) is 17.3 Å². The van der Waals surface area contributed by atoms with Crippen molar-refractivity contribution in [1.29, 1.82) is 0 Å². The molecule has 0 aliphatic heterocycles. The molecule has 0 bridgehead atoms. The summed E-state index contributed by atoms with van der Waals surface area (Å²) in [6, 6.07) is 5.46. The van der Waals surface area contributed by atoms with Gasteiger partial charge in [-0.25, -0.2) is 0 Å². The summed E-state index contributed by atoms with van der Waals surface area (Å²) < 4.78 is 0. The molecule has 2 unspecified atom stereocenters. The molecule has 0 aromatic heterocycles. The Morgan fingerprint density at radius 2 is 2.20 bits per heavy atom. The van der Waals surface area contributed by atoms with E-state index in [-0.39, 0.29) is 11.4 Å². The Kier molecular flexibility index (Phi) is 3.44. The molecule has 2 nitrogen and oxygen atoms in total. The van der Waals surface area contributed by atoms with Crippen LogP contribution in [0.5, 0.6) is 0 Å². The smallest absolute Gasteiger partial charge is 0.0662 e. The van der Waals surface area contributed by atoms with Gasteiger partial charge in [-0.2, -0.15) is 0 Å². The maximum absolute atomic E-state index is 9.72. The Balaban J connectivity index is 2.12. The van der Waals surface area contributed by atoms with Gasteiger partial charge in [-0.3, -0.25) is 0 Å². The predicted octanol–water partition coefficient (Wildman–Crippen LogP) is 2.93. The van der Waals surface area contributed by atoms with Gasteiger partial charge in [-0.05, 0) is 37.5 Å². The van der Waals surface area contributed by atoms with E-state index in [1.807, 2.05) is 12.1 Å². The monoisotopic (exact) mass is 243 g/mol. The predicted molar refractivity (Wildman–Crippen MR) is 65.4 cm³/mol. The molecule has 1 aliphatic rings. The first-order chi connectivity index (χ1) is 7.16. The minimum atomic E-state index is -0.201. The van der Waals surface area contributed by atoms with Crippen molar-refractivity contribution in [1.82, 2.24) is 0 Å². The average Bonchev–Trinajstić information content (AvgIpc) is 2.58. The Morgan fingerprint density at radius 1 is 1.40 bits per heavy atom. The fraction of sp³-hybridized carbons (Fsp3) is 0.455. The van der Waals surface area contributed by atoms with Gasteiger partial charge in [-0.15, -0.1) is 11.8 Å². The van der Waals surface area contributed by atoms with Crippen LogP contribution in [0.1, 0.15) is 19.3 Å². The average molecular weight is 244 g/mol. The number of thioether (sulfide) groups is 1. The lowest BCUT2D eigenvalue weighted by molar-refractivity contribution is 0.188. The second kappa shape index (κ2) is 4.64. The number of halogens is 1. The van der Waals surface area contributed by atoms with Gasteiger partial charge < -0.3 is 10.8 Å². The molecule has 0 spiro atoms. The molecule has 1 saturated carbocycles. The Morgan fingerprint density at radius 3 is 2.87 bits per heavy atom. The highest BCUT2D eigenvalue weighted by Gasteiger charge is 2.26. The maximum atomic E-state index is 9.72. The van der Waals surface area contributed by atoms with E-state index in [0.29, 0.717) is 5.02 Å². The van der Waals surface area contributed by atoms with E-state index < -0.39 is 0 Å². The maximum Gasteiger partial charge on any atom is 0.0662 e. The molecule has 15 heavy (non-hydrogen) atoms. The highest BCUT2D eigenvalue weighted by atomic mass is 35.5. The second-order valence-corrected chi connectivity index (χ2v) is 5.55. The Hall–Kier alpha value is -0.380. The first kappa shape index (κ1) is 11.1. The summed E-state index contributed by atoms with van der Waals surface area (Å²) >= 11 is 7.55. The first-order valence-corrected chi connectivity index (χ1v) is 6.32. The number of rotatable bonds is 2. The summed E-state index contributed by atoms with van der Waals surface area (Å²) in [4.78, 5) is 0.980. The van der Waals surface area contributed by atoms with E-state index in [0.717, 1.165) is 29.8 Å². The molecule has 0 saturated heterocycles. The van der Waals surface area contributed by atoms with Gasteiger partial charge in [0, 0.05) is 20.9 Å². The first-order valence-electron chi connectivity index (χ1n) is 5.06. The molecular weight excluding hydrogens is 230 g/mol. The molecule has 0 heterocycles. The third-order valence-corrected chi connectivity index (χ3v) is 4.37. The van der Waals surface area contributed by atoms with Gasteiger partial charge in [0.05, 0.1) is 6.10 Å². The van der Waals surface area contributed by atoms with E-state index in [9.17, 15) is 5.11 Å². The molecule has 1 aliphatic carbocycles. The third-order valence-electron chi connectivity index (χ3n) is 2.67. The van der Waals surface area contributed by atoms with Crippen LogP contribution < -0.4 is 5.73 Å². The van der Waals surface area contributed by atoms with Crippen molar-refractivity contribution in [3.63, 3.8) is 0 Å². The Labute approximate surface area is 98.8 Å². The fourth-order valence-electron chi connectivity index (χ4n) is 1.82. The zero-order valence-corrected chi connectivity index (χ0v) is 9.89. The molecule has 1 aromatic rings. The van der Waals surface area contributed by atoms with Crippen LogP contribution in [0.2, 0.25) is 5.02 Å². The minimum absolute atomic E-state index is 0.201. The molecule has 1 aromatic carbocycles. The fourth-order valence-corrected chi connectivity index (χ4v) is 3.36. The van der Waals surface area contributed by atoms with Crippen LogP contribution in [0.15, 0.2) is 23.1 Å². The van der Waals surface area contributed by atoms with Crippen LogP contribution in [0.25, 0.3) is 0 Å². The Bertz CT molecular complexity index is 358. The van der Waals surface area contributed by atoms with Gasteiger partial charge in [0.1, 0.15) is 0 Å². The molecule has 2 atom stereocenters. The lowest BCUT2D eigenvalue weighted by atomic mass is 10.3. The van der Waals surface area contributed by atoms with Crippen molar-refractivity contribution in [3.05, 3.63) is 23.2 Å². The summed E-state index contributed by atoms with van der Waals surface area (Å²) in [5.74, 6) is 0. The van der Waals surface area contributed by atoms with Crippen molar-refractivity contribution in [2.45, 2.75) is 35.5 Å². The second-order valence-electron chi connectivity index (χ2n) is 3.84. The summed E-state index contributed by atoms with van der Waals surface area (Å²) in [5.41, 5.74) is 6.59. The van der Waals surface area contributed by atoms with Gasteiger partial charge in [0.2, 0.25) is 0 Å². The number of benzene rings is 1. The number of nitrogen functional groups attached to an aromatic ring is 1. The van der Waals surface area contributed by atoms with Crippen molar-refractivity contribution in [2.75, 3.05) is 5.73 Å². The van der Waals surface area contributed by atoms with Crippen LogP contribution in [0.4, 0.5) is 5.69 Å². The van der Waals surface area contributed by atoms with Gasteiger partial charge in [-0.1, -0.05) is 11.6 Å². The van der Waals surface area contributed by atoms with Crippen LogP contribution in [-0.4, -0.2) is 16.5 Å². The molecule has 0 amide bonds. The highest BCUT2D eigenvalue weighted by molar-refractivity contribution is 8.00. The zero-order chi connectivity index (χ0) is 10.8. The van der Waals surface area contributed by atoms with E-state index in [1.54, 1.807) is 17.8 Å². The topological polar surface area (TPSA) is 46.2 Å². The molecule has 2 rings (SSSR count). The number of aliphatic hydroxyl groups excluding tert-OH is 1. The summed E-state index contributed by atoms with van der Waals surface area (Å²) in [6.45, 7) is 0. The molecule has 4 heteroatoms. The van der Waals surface area contributed by atoms with Crippen molar-refractivity contribution in [2.24, 2.45) is 0 Å². The third kappa shape index (κ3) is 2.60. The van der Waals surface area contributed by atoms with Gasteiger partial charge >= 0.3 is 0 Å². The lowest BCUT2D eigenvalue weighted by Gasteiger charge is -2.15. The van der Waals surface area contributed by atoms with Crippen LogP contribution in [-0.2, 0) is 0 Å². The largest absolute Gasteiger partial charge is 0.398 e. The van der Waals surface area contributed by atoms with E-state index in [1.165, 1.54) is 0 Å². The van der Waals surface area contributed by atoms with Crippen LogP contribution in [0, 0.1) is 0 Å². The van der Waals surface area contributed by atoms with Crippen LogP contribution >= 0.6 is 23.4 Å². The number of nitrogens with two attached hydrogens (primary N) is 1. The summed E-state index contributed by atoms with van der Waals surface area (Å²) in [7, 11) is 0. The van der Waals surface area contributed by atoms with Crippen molar-refractivity contribution >= 4 is 29.1 Å². The summed E-state index contributed by atoms with van der Waals surface area (Å²) in [5, 5.41) is 10.7. The van der Waals surface area contributed by atoms with Gasteiger partial charge in [0.15, 0.2) is 0 Å². The zero-order valence-electron chi connectivity index (χ0n) is 8.32. The highest BCUT2D eigenvalue weighted by Crippen LogP contribution is 2.38. The molecule has 82 valence electrons. The molecular formula is C11H14ClNOS. The van der Waals surface area contributed by atoms with Crippen molar-refractivity contribution in [3.8, 4) is 0 Å². The normalized spacial score (nSPS) is 25.7. The SMILES string of the molecule is Nc1ccc(Cl)cc1SC1CCCC1O. The molecule has 0 radical (unpaired) electrons. The van der Waals surface area contributed by atoms with Crippen molar-refractivity contribution < 1.29 is 5.11 Å². The molecule has 3 N–H and O–H groups in total.